The van der Waals surface area contributed by atoms with Gasteiger partial charge in [-0.2, -0.15) is 0 Å². The molecule has 5 heteroatoms. The molecule has 0 radical (unpaired) electrons. The molecule has 2 aromatic carbocycles. The normalized spacial score (nSPS) is 21.0. The maximum atomic E-state index is 13.4. The number of nitrogens with one attached hydrogen (secondary N) is 1. The van der Waals surface area contributed by atoms with Gasteiger partial charge in [0.15, 0.2) is 0 Å². The molecule has 1 fully saturated rings. The predicted molar refractivity (Wildman–Crippen MR) is 122 cm³/mol. The summed E-state index contributed by atoms with van der Waals surface area (Å²) in [6.45, 7) is 7.19. The topological polar surface area (TPSA) is 56.4 Å². The summed E-state index contributed by atoms with van der Waals surface area (Å²) in [6, 6.07) is 16.0. The number of aromatic nitrogens is 1. The highest BCUT2D eigenvalue weighted by atomic mass is 16.2. The smallest absolute Gasteiger partial charge is 0.246 e. The summed E-state index contributed by atoms with van der Waals surface area (Å²) < 4.78 is 0. The molecule has 0 aliphatic carbocycles. The van der Waals surface area contributed by atoms with Crippen LogP contribution in [0.2, 0.25) is 0 Å². The number of hydrogen-bond donors (Lipinski definition) is 1. The Bertz CT molecular complexity index is 1150. The first-order valence-corrected chi connectivity index (χ1v) is 11.3. The number of hydrogen-bond acceptors (Lipinski definition) is 2. The van der Waals surface area contributed by atoms with Gasteiger partial charge in [0.05, 0.1) is 12.6 Å². The van der Waals surface area contributed by atoms with E-state index in [0.717, 1.165) is 34.1 Å². The summed E-state index contributed by atoms with van der Waals surface area (Å²) >= 11 is 0. The van der Waals surface area contributed by atoms with Crippen molar-refractivity contribution in [1.29, 1.82) is 0 Å². The van der Waals surface area contributed by atoms with Crippen LogP contribution in [0, 0.1) is 0 Å². The first-order chi connectivity index (χ1) is 15.0. The lowest BCUT2D eigenvalue weighted by Gasteiger charge is -2.47. The van der Waals surface area contributed by atoms with E-state index in [9.17, 15) is 9.59 Å². The predicted octanol–water partition coefficient (Wildman–Crippen LogP) is 4.39. The van der Waals surface area contributed by atoms with Crippen molar-refractivity contribution in [3.63, 3.8) is 0 Å². The number of amides is 2. The van der Waals surface area contributed by atoms with E-state index in [2.05, 4.69) is 55.2 Å². The Labute approximate surface area is 183 Å². The van der Waals surface area contributed by atoms with Gasteiger partial charge in [-0.1, -0.05) is 63.2 Å². The van der Waals surface area contributed by atoms with Gasteiger partial charge in [0.25, 0.3) is 0 Å². The largest absolute Gasteiger partial charge is 0.356 e. The number of rotatable bonds is 4. The number of H-pyrrole nitrogens is 1. The highest BCUT2D eigenvalue weighted by Gasteiger charge is 2.47. The minimum atomic E-state index is -0.450. The molecule has 0 bridgehead atoms. The third-order valence-corrected chi connectivity index (χ3v) is 6.75. The summed E-state index contributed by atoms with van der Waals surface area (Å²) in [7, 11) is 0. The molecule has 1 N–H and O–H groups in total. The number of fused-ring (bicyclic) bond motifs is 4. The molecule has 5 nitrogen and oxygen atoms in total. The van der Waals surface area contributed by atoms with E-state index < -0.39 is 6.04 Å². The maximum Gasteiger partial charge on any atom is 0.246 e. The first-order valence-electron chi connectivity index (χ1n) is 11.3. The van der Waals surface area contributed by atoms with E-state index >= 15 is 0 Å². The lowest BCUT2D eigenvalue weighted by molar-refractivity contribution is -0.158. The third kappa shape index (κ3) is 3.14. The number of para-hydroxylation sites is 1. The fourth-order valence-corrected chi connectivity index (χ4v) is 5.19. The van der Waals surface area contributed by atoms with Crippen LogP contribution in [0.3, 0.4) is 0 Å². The zero-order valence-electron chi connectivity index (χ0n) is 18.4. The molecule has 2 aliphatic rings. The van der Waals surface area contributed by atoms with Gasteiger partial charge >= 0.3 is 0 Å². The second kappa shape index (κ2) is 7.56. The minimum Gasteiger partial charge on any atom is -0.356 e. The Hall–Kier alpha value is -3.08. The molecule has 3 heterocycles. The van der Waals surface area contributed by atoms with Crippen molar-refractivity contribution in [3.8, 4) is 0 Å². The highest BCUT2D eigenvalue weighted by Crippen LogP contribution is 2.42. The second-order valence-corrected chi connectivity index (χ2v) is 9.07. The summed E-state index contributed by atoms with van der Waals surface area (Å²) in [5, 5.41) is 1.15. The number of carbonyl (C=O) groups is 2. The Morgan fingerprint density at radius 3 is 2.52 bits per heavy atom. The van der Waals surface area contributed by atoms with E-state index in [1.165, 1.54) is 5.56 Å². The summed E-state index contributed by atoms with van der Waals surface area (Å²) in [5.41, 5.74) is 5.57. The number of benzene rings is 2. The molecule has 0 spiro atoms. The lowest BCUT2D eigenvalue weighted by atomic mass is 9.85. The van der Waals surface area contributed by atoms with Crippen molar-refractivity contribution in [3.05, 3.63) is 70.9 Å². The van der Waals surface area contributed by atoms with Gasteiger partial charge in [0.2, 0.25) is 11.8 Å². The van der Waals surface area contributed by atoms with Crippen molar-refractivity contribution >= 4 is 22.7 Å². The molecule has 1 aromatic heterocycles. The van der Waals surface area contributed by atoms with Gasteiger partial charge in [0.1, 0.15) is 6.04 Å². The third-order valence-electron chi connectivity index (χ3n) is 6.75. The minimum absolute atomic E-state index is 0.0280. The number of carbonyl (C=O) groups excluding carboxylic acids is 2. The van der Waals surface area contributed by atoms with Crippen molar-refractivity contribution in [2.45, 2.75) is 51.6 Å². The van der Waals surface area contributed by atoms with Crippen LogP contribution in [0.25, 0.3) is 10.9 Å². The number of piperazine rings is 1. The number of nitrogens with zero attached hydrogens (tertiary/aromatic N) is 2. The molecule has 2 atom stereocenters. The molecular weight excluding hydrogens is 386 g/mol. The van der Waals surface area contributed by atoms with E-state index in [1.54, 1.807) is 4.90 Å². The fourth-order valence-electron chi connectivity index (χ4n) is 5.19. The van der Waals surface area contributed by atoms with Crippen LogP contribution in [0.15, 0.2) is 48.5 Å². The Kier molecular flexibility index (Phi) is 4.84. The summed E-state index contributed by atoms with van der Waals surface area (Å²) in [5.74, 6) is 0.541. The van der Waals surface area contributed by atoms with Crippen LogP contribution in [0.5, 0.6) is 0 Å². The molecular formula is C26H29N3O2. The van der Waals surface area contributed by atoms with Gasteiger partial charge in [-0.05, 0) is 35.1 Å². The quantitative estimate of drug-likeness (QED) is 0.687. The molecule has 31 heavy (non-hydrogen) atoms. The van der Waals surface area contributed by atoms with Crippen LogP contribution >= 0.6 is 0 Å². The van der Waals surface area contributed by atoms with Gasteiger partial charge in [-0.25, -0.2) is 0 Å². The Morgan fingerprint density at radius 1 is 1.06 bits per heavy atom. The van der Waals surface area contributed by atoms with Crippen molar-refractivity contribution in [2.75, 3.05) is 13.1 Å². The van der Waals surface area contributed by atoms with E-state index in [-0.39, 0.29) is 24.4 Å². The van der Waals surface area contributed by atoms with Crippen LogP contribution < -0.4 is 0 Å². The van der Waals surface area contributed by atoms with Crippen molar-refractivity contribution in [2.24, 2.45) is 0 Å². The monoisotopic (exact) mass is 415 g/mol. The fraction of sp³-hybridized carbons (Fsp3) is 0.385. The van der Waals surface area contributed by atoms with Crippen LogP contribution in [-0.2, 0) is 16.0 Å². The Morgan fingerprint density at radius 2 is 1.81 bits per heavy atom. The van der Waals surface area contributed by atoms with E-state index in [0.29, 0.717) is 18.9 Å². The molecule has 1 saturated heterocycles. The molecule has 1 unspecified atom stereocenters. The van der Waals surface area contributed by atoms with Crippen LogP contribution in [0.1, 0.15) is 61.5 Å². The molecule has 2 aliphatic heterocycles. The average molecular weight is 416 g/mol. The summed E-state index contributed by atoms with van der Waals surface area (Å²) in [4.78, 5) is 33.9. The summed E-state index contributed by atoms with van der Waals surface area (Å²) in [6.07, 6.45) is 1.41. The Balaban J connectivity index is 1.67. The van der Waals surface area contributed by atoms with Crippen LogP contribution in [0.4, 0.5) is 0 Å². The van der Waals surface area contributed by atoms with Crippen molar-refractivity contribution in [1.82, 2.24) is 14.8 Å². The molecule has 160 valence electrons. The average Bonchev–Trinajstić information content (AvgIpc) is 3.14. The first kappa shape index (κ1) is 19.9. The van der Waals surface area contributed by atoms with Crippen LogP contribution in [-0.4, -0.2) is 45.7 Å². The molecule has 2 amide bonds. The molecule has 3 aromatic rings. The standard InChI is InChI=1S/C26H29N3O2/c1-4-13-28-15-23(30)29-22(26(28)31)14-20-19-7-5-6-8-21(19)27-24(20)25(29)18-11-9-17(10-12-18)16(2)3/h5-12,16,22,25,27H,4,13-15H2,1-3H3/t22-,25?/m1/s1. The van der Waals surface area contributed by atoms with Gasteiger partial charge in [0, 0.05) is 29.6 Å². The van der Waals surface area contributed by atoms with Gasteiger partial charge < -0.3 is 14.8 Å². The maximum absolute atomic E-state index is 13.4. The lowest BCUT2D eigenvalue weighted by Crippen LogP contribution is -2.63. The zero-order chi connectivity index (χ0) is 21.7. The van der Waals surface area contributed by atoms with Crippen molar-refractivity contribution < 1.29 is 9.59 Å². The van der Waals surface area contributed by atoms with E-state index in [1.807, 2.05) is 24.0 Å². The molecule has 5 rings (SSSR count). The van der Waals surface area contributed by atoms with Gasteiger partial charge in [-0.15, -0.1) is 0 Å². The zero-order valence-corrected chi connectivity index (χ0v) is 18.4. The second-order valence-electron chi connectivity index (χ2n) is 9.07. The van der Waals surface area contributed by atoms with Gasteiger partial charge in [-0.3, -0.25) is 9.59 Å². The highest BCUT2D eigenvalue weighted by molar-refractivity contribution is 5.97. The SMILES string of the molecule is CCCN1CC(=O)N2C(c3ccc(C(C)C)cc3)c3[nH]c4ccccc4c3C[C@@H]2C1=O. The van der Waals surface area contributed by atoms with E-state index in [4.69, 9.17) is 0 Å². The number of aromatic amines is 1. The molecule has 0 saturated carbocycles.